The predicted molar refractivity (Wildman–Crippen MR) is 210 cm³/mol. The van der Waals surface area contributed by atoms with Crippen LogP contribution in [0.1, 0.15) is 78.9 Å². The zero-order valence-electron chi connectivity index (χ0n) is 31.2. The normalized spacial score (nSPS) is 17.4. The van der Waals surface area contributed by atoms with E-state index in [9.17, 15) is 24.6 Å². The zero-order valence-corrected chi connectivity index (χ0v) is 31.2. The van der Waals surface area contributed by atoms with E-state index in [-0.39, 0.29) is 30.1 Å². The van der Waals surface area contributed by atoms with Crippen molar-refractivity contribution in [3.8, 4) is 17.2 Å². The molecule has 0 aromatic heterocycles. The smallest absolute Gasteiger partial charge is 0.311 e. The second-order valence-electron chi connectivity index (χ2n) is 13.4. The predicted octanol–water partition coefficient (Wildman–Crippen LogP) is 10.3. The average molecular weight is 703 g/mol. The molecule has 0 saturated heterocycles. The summed E-state index contributed by atoms with van der Waals surface area (Å²) in [7, 11) is 0. The van der Waals surface area contributed by atoms with Gasteiger partial charge in [0, 0.05) is 12.5 Å². The van der Waals surface area contributed by atoms with Crippen molar-refractivity contribution in [1.29, 1.82) is 0 Å². The van der Waals surface area contributed by atoms with E-state index in [0.717, 1.165) is 22.3 Å². The summed E-state index contributed by atoms with van der Waals surface area (Å²) >= 11 is 0. The third-order valence-corrected chi connectivity index (χ3v) is 8.29. The number of carbonyl (C=O) groups excluding carboxylic acids is 3. The molecule has 3 rings (SSSR count). The second kappa shape index (κ2) is 19.6. The highest BCUT2D eigenvalue weighted by atomic mass is 16.6. The quantitative estimate of drug-likeness (QED) is 0.0873. The molecule has 0 bridgehead atoms. The molecule has 1 atom stereocenters. The summed E-state index contributed by atoms with van der Waals surface area (Å²) in [4.78, 5) is 38.4. The minimum Gasteiger partial charge on any atom is -0.508 e. The zero-order chi connectivity index (χ0) is 38.3. The summed E-state index contributed by atoms with van der Waals surface area (Å²) in [6, 6.07) is 11.0. The largest absolute Gasteiger partial charge is 0.508 e. The van der Waals surface area contributed by atoms with Gasteiger partial charge in [-0.3, -0.25) is 14.4 Å². The molecule has 52 heavy (non-hydrogen) atoms. The molecule has 0 spiro atoms. The van der Waals surface area contributed by atoms with E-state index in [0.29, 0.717) is 23.3 Å². The lowest BCUT2D eigenvalue weighted by Crippen LogP contribution is -2.39. The molecule has 2 aromatic rings. The van der Waals surface area contributed by atoms with E-state index in [1.54, 1.807) is 43.3 Å². The first kappa shape index (κ1) is 40.7. The first-order valence-electron chi connectivity index (χ1n) is 17.3. The summed E-state index contributed by atoms with van der Waals surface area (Å²) in [5, 5.41) is 19.3. The molecule has 0 saturated carbocycles. The van der Waals surface area contributed by atoms with Crippen LogP contribution in [0.2, 0.25) is 0 Å². The lowest BCUT2D eigenvalue weighted by atomic mass is 9.71. The van der Waals surface area contributed by atoms with Crippen LogP contribution in [0, 0.1) is 5.41 Å². The number of phenols is 2. The molecule has 1 unspecified atom stereocenters. The number of esters is 2. The summed E-state index contributed by atoms with van der Waals surface area (Å²) in [6.45, 7) is 13.9. The van der Waals surface area contributed by atoms with E-state index in [1.807, 2.05) is 89.3 Å². The third-order valence-electron chi connectivity index (χ3n) is 8.29. The Labute approximate surface area is 308 Å². The minimum atomic E-state index is -0.925. The minimum absolute atomic E-state index is 0.0416. The number of phenolic OH excluding ortho intramolecular Hbond substituents is 2. The van der Waals surface area contributed by atoms with E-state index in [4.69, 9.17) is 9.47 Å². The van der Waals surface area contributed by atoms with Crippen molar-refractivity contribution in [1.82, 2.24) is 0 Å². The van der Waals surface area contributed by atoms with Gasteiger partial charge in [0.2, 0.25) is 0 Å². The van der Waals surface area contributed by atoms with Crippen molar-refractivity contribution in [3.63, 3.8) is 0 Å². The SMILES string of the molecule is C/C=C/C(C)=C/C=C/C=C(C)/C=C/C=C(C)/C=C/C1=C(C)C(=O)C(OC(=O)CCC(=O)Oc2ccc(/C=C/c3cc(O)cc(O)c3)cc2)CC1(C)C. The number of rotatable bonds is 14. The number of carbonyl (C=O) groups is 3. The molecule has 272 valence electrons. The standard InChI is InChI=1S/C45H50O7/c1-8-12-31(2)13-9-10-14-32(3)15-11-16-33(4)17-24-40-34(5)44(50)41(30-45(40,6)7)52-43(49)26-25-42(48)51-39-22-20-35(21-23-39)18-19-36-27-37(46)29-38(47)28-36/h8-24,27-29,41,46-47H,25-26,30H2,1-7H3/b10-9+,12-8+,15-11+,19-18+,24-17+,31-13+,32-14+,33-16+. The van der Waals surface area contributed by atoms with E-state index < -0.39 is 23.5 Å². The number of allylic oxidation sites excluding steroid dienone is 15. The van der Waals surface area contributed by atoms with Crippen LogP contribution >= 0.6 is 0 Å². The van der Waals surface area contributed by atoms with Crippen LogP contribution in [0.4, 0.5) is 0 Å². The van der Waals surface area contributed by atoms with Gasteiger partial charge >= 0.3 is 11.9 Å². The summed E-state index contributed by atoms with van der Waals surface area (Å²) in [5.41, 5.74) is 5.77. The Balaban J connectivity index is 1.51. The monoisotopic (exact) mass is 702 g/mol. The van der Waals surface area contributed by atoms with Crippen LogP contribution in [0.15, 0.2) is 137 Å². The van der Waals surface area contributed by atoms with Gasteiger partial charge < -0.3 is 19.7 Å². The van der Waals surface area contributed by atoms with E-state index in [2.05, 4.69) is 19.1 Å². The van der Waals surface area contributed by atoms with E-state index in [1.165, 1.54) is 23.8 Å². The highest BCUT2D eigenvalue weighted by Gasteiger charge is 2.39. The molecule has 1 aliphatic carbocycles. The highest BCUT2D eigenvalue weighted by molar-refractivity contribution is 6.01. The fraction of sp³-hybridized carbons (Fsp3) is 0.267. The molecule has 0 heterocycles. The molecular formula is C45H50O7. The molecule has 0 radical (unpaired) electrons. The van der Waals surface area contributed by atoms with Crippen molar-refractivity contribution < 1.29 is 34.1 Å². The molecule has 0 amide bonds. The Hall–Kier alpha value is -5.69. The molecular weight excluding hydrogens is 652 g/mol. The second-order valence-corrected chi connectivity index (χ2v) is 13.4. The first-order valence-corrected chi connectivity index (χ1v) is 17.3. The third kappa shape index (κ3) is 13.6. The maximum atomic E-state index is 13.3. The van der Waals surface area contributed by atoms with Crippen LogP contribution in [0.3, 0.4) is 0 Å². The molecule has 2 N–H and O–H groups in total. The number of aromatic hydroxyl groups is 2. The van der Waals surface area contributed by atoms with Gasteiger partial charge in [-0.15, -0.1) is 0 Å². The molecule has 7 nitrogen and oxygen atoms in total. The van der Waals surface area contributed by atoms with Crippen molar-refractivity contribution in [3.05, 3.63) is 148 Å². The number of ketones is 1. The van der Waals surface area contributed by atoms with Crippen LogP contribution < -0.4 is 4.74 Å². The fourth-order valence-electron chi connectivity index (χ4n) is 5.56. The number of benzene rings is 2. The maximum Gasteiger partial charge on any atom is 0.311 e. The average Bonchev–Trinajstić information content (AvgIpc) is 3.07. The summed E-state index contributed by atoms with van der Waals surface area (Å²) in [5.74, 6) is -1.24. The van der Waals surface area contributed by atoms with Crippen LogP contribution in [0.25, 0.3) is 12.2 Å². The van der Waals surface area contributed by atoms with Crippen LogP contribution in [-0.2, 0) is 19.1 Å². The Kier molecular flexibility index (Phi) is 15.4. The number of Topliss-reactive ketones (excluding diaryl/α,β-unsaturated/α-hetero) is 1. The topological polar surface area (TPSA) is 110 Å². The molecule has 1 aliphatic rings. The summed E-state index contributed by atoms with van der Waals surface area (Å²) in [6.07, 6.45) is 24.7. The molecule has 7 heteroatoms. The van der Waals surface area contributed by atoms with Gasteiger partial charge in [-0.25, -0.2) is 0 Å². The Bertz CT molecular complexity index is 1870. The number of ether oxygens (including phenoxy) is 2. The lowest BCUT2D eigenvalue weighted by molar-refractivity contribution is -0.157. The van der Waals surface area contributed by atoms with Gasteiger partial charge in [0.25, 0.3) is 0 Å². The molecule has 2 aromatic carbocycles. The number of hydrogen-bond acceptors (Lipinski definition) is 7. The van der Waals surface area contributed by atoms with Gasteiger partial charge in [0.1, 0.15) is 17.2 Å². The van der Waals surface area contributed by atoms with Crippen LogP contribution in [-0.4, -0.2) is 34.0 Å². The highest BCUT2D eigenvalue weighted by Crippen LogP contribution is 2.41. The lowest BCUT2D eigenvalue weighted by Gasteiger charge is -2.36. The summed E-state index contributed by atoms with van der Waals surface area (Å²) < 4.78 is 10.9. The number of hydrogen-bond donors (Lipinski definition) is 2. The maximum absolute atomic E-state index is 13.3. The van der Waals surface area contributed by atoms with Gasteiger partial charge in [-0.1, -0.05) is 122 Å². The Morgan fingerprint density at radius 2 is 1.33 bits per heavy atom. The van der Waals surface area contributed by atoms with Crippen molar-refractivity contribution in [2.45, 2.75) is 73.8 Å². The van der Waals surface area contributed by atoms with Gasteiger partial charge in [0.15, 0.2) is 11.9 Å². The van der Waals surface area contributed by atoms with Crippen molar-refractivity contribution >= 4 is 29.9 Å². The molecule has 0 fully saturated rings. The fourth-order valence-corrected chi connectivity index (χ4v) is 5.56. The van der Waals surface area contributed by atoms with Crippen molar-refractivity contribution in [2.75, 3.05) is 0 Å². The van der Waals surface area contributed by atoms with Gasteiger partial charge in [-0.05, 0) is 86.6 Å². The molecule has 0 aliphatic heterocycles. The Morgan fingerprint density at radius 1 is 0.769 bits per heavy atom. The van der Waals surface area contributed by atoms with Gasteiger partial charge in [-0.2, -0.15) is 0 Å². The van der Waals surface area contributed by atoms with Crippen LogP contribution in [0.5, 0.6) is 17.2 Å². The van der Waals surface area contributed by atoms with Gasteiger partial charge in [0.05, 0.1) is 12.8 Å². The van der Waals surface area contributed by atoms with Crippen molar-refractivity contribution in [2.24, 2.45) is 5.41 Å². The Morgan fingerprint density at radius 3 is 1.96 bits per heavy atom. The first-order chi connectivity index (χ1) is 24.7. The van der Waals surface area contributed by atoms with E-state index >= 15 is 0 Å².